The van der Waals surface area contributed by atoms with Crippen LogP contribution in [-0.2, 0) is 32.4 Å². The SMILES string of the molecule is CCCC(CCC)S(=O)(=O)C[C@H](NC(=O)CC1CC1)C(=O)N(Cc1cccc(OC)c1)C[C@@H](O)[C@@H](N)Cc1ccccc1. The Labute approximate surface area is 257 Å². The lowest BCUT2D eigenvalue weighted by Crippen LogP contribution is -2.55. The fraction of sp³-hybridized carbons (Fsp3) is 0.576. The summed E-state index contributed by atoms with van der Waals surface area (Å²) in [7, 11) is -2.17. The first-order valence-electron chi connectivity index (χ1n) is 15.5. The summed E-state index contributed by atoms with van der Waals surface area (Å²) in [5.41, 5.74) is 8.08. The summed E-state index contributed by atoms with van der Waals surface area (Å²) in [5.74, 6) is -0.515. The first-order chi connectivity index (χ1) is 20.6. The van der Waals surface area contributed by atoms with Crippen molar-refractivity contribution in [3.05, 3.63) is 65.7 Å². The lowest BCUT2D eigenvalue weighted by Gasteiger charge is -2.32. The second kappa shape index (κ2) is 16.8. The van der Waals surface area contributed by atoms with E-state index in [0.29, 0.717) is 37.9 Å². The van der Waals surface area contributed by atoms with Gasteiger partial charge in [-0.2, -0.15) is 0 Å². The average molecular weight is 616 g/mol. The average Bonchev–Trinajstić information content (AvgIpc) is 3.80. The molecule has 10 heteroatoms. The van der Waals surface area contributed by atoms with Gasteiger partial charge in [0.1, 0.15) is 11.8 Å². The monoisotopic (exact) mass is 615 g/mol. The van der Waals surface area contributed by atoms with E-state index in [1.54, 1.807) is 25.3 Å². The number of methoxy groups -OCH3 is 1. The van der Waals surface area contributed by atoms with Crippen LogP contribution in [0.3, 0.4) is 0 Å². The van der Waals surface area contributed by atoms with E-state index in [-0.39, 0.29) is 31.3 Å². The highest BCUT2D eigenvalue weighted by Gasteiger charge is 2.36. The van der Waals surface area contributed by atoms with Gasteiger partial charge >= 0.3 is 0 Å². The highest BCUT2D eigenvalue weighted by molar-refractivity contribution is 7.92. The molecule has 0 aliphatic heterocycles. The lowest BCUT2D eigenvalue weighted by molar-refractivity contribution is -0.137. The highest BCUT2D eigenvalue weighted by Crippen LogP contribution is 2.32. The van der Waals surface area contributed by atoms with Crippen molar-refractivity contribution in [3.8, 4) is 5.75 Å². The molecule has 0 saturated heterocycles. The molecule has 9 nitrogen and oxygen atoms in total. The number of aliphatic hydroxyl groups excluding tert-OH is 1. The predicted molar refractivity (Wildman–Crippen MR) is 169 cm³/mol. The molecule has 3 rings (SSSR count). The summed E-state index contributed by atoms with van der Waals surface area (Å²) in [6.07, 6.45) is 3.85. The maximum absolute atomic E-state index is 14.2. The normalized spacial score (nSPS) is 15.5. The van der Waals surface area contributed by atoms with E-state index in [0.717, 1.165) is 24.0 Å². The Kier molecular flexibility index (Phi) is 13.5. The molecule has 2 amide bonds. The number of nitrogens with one attached hydrogen (secondary N) is 1. The van der Waals surface area contributed by atoms with Gasteiger partial charge in [0, 0.05) is 25.6 Å². The van der Waals surface area contributed by atoms with Crippen LogP contribution in [0, 0.1) is 5.92 Å². The summed E-state index contributed by atoms with van der Waals surface area (Å²) in [6, 6.07) is 14.8. The molecule has 2 aromatic carbocycles. The quantitative estimate of drug-likeness (QED) is 0.219. The van der Waals surface area contributed by atoms with Gasteiger partial charge in [-0.05, 0) is 61.3 Å². The third-order valence-electron chi connectivity index (χ3n) is 7.97. The molecule has 1 aliphatic rings. The molecular weight excluding hydrogens is 566 g/mol. The third-order valence-corrected chi connectivity index (χ3v) is 10.3. The minimum absolute atomic E-state index is 0.0769. The summed E-state index contributed by atoms with van der Waals surface area (Å²) in [6.45, 7) is 3.82. The van der Waals surface area contributed by atoms with Gasteiger partial charge in [-0.25, -0.2) is 8.42 Å². The van der Waals surface area contributed by atoms with Crippen molar-refractivity contribution >= 4 is 21.7 Å². The maximum atomic E-state index is 14.2. The second-order valence-electron chi connectivity index (χ2n) is 11.8. The molecule has 0 aromatic heterocycles. The van der Waals surface area contributed by atoms with Gasteiger partial charge in [0.25, 0.3) is 0 Å². The van der Waals surface area contributed by atoms with Gasteiger partial charge in [0.15, 0.2) is 9.84 Å². The third kappa shape index (κ3) is 11.2. The van der Waals surface area contributed by atoms with Crippen molar-refractivity contribution in [1.29, 1.82) is 0 Å². The molecule has 0 unspecified atom stereocenters. The van der Waals surface area contributed by atoms with Crippen LogP contribution in [0.5, 0.6) is 5.75 Å². The van der Waals surface area contributed by atoms with Crippen molar-refractivity contribution < 1.29 is 27.9 Å². The number of rotatable bonds is 19. The van der Waals surface area contributed by atoms with E-state index in [9.17, 15) is 23.1 Å². The molecule has 0 bridgehead atoms. The van der Waals surface area contributed by atoms with E-state index in [4.69, 9.17) is 10.5 Å². The number of hydrogen-bond acceptors (Lipinski definition) is 7. The smallest absolute Gasteiger partial charge is 0.246 e. The summed E-state index contributed by atoms with van der Waals surface area (Å²) < 4.78 is 32.6. The number of hydrogen-bond donors (Lipinski definition) is 3. The number of nitrogens with two attached hydrogens (primary N) is 1. The Morgan fingerprint density at radius 3 is 2.30 bits per heavy atom. The Morgan fingerprint density at radius 1 is 1.05 bits per heavy atom. The van der Waals surface area contributed by atoms with E-state index < -0.39 is 44.9 Å². The van der Waals surface area contributed by atoms with Crippen molar-refractivity contribution in [3.63, 3.8) is 0 Å². The highest BCUT2D eigenvalue weighted by atomic mass is 32.2. The first kappa shape index (κ1) is 34.5. The molecular formula is C33H49N3O6S. The molecule has 43 heavy (non-hydrogen) atoms. The number of carbonyl (C=O) groups is 2. The van der Waals surface area contributed by atoms with E-state index in [1.165, 1.54) is 4.90 Å². The van der Waals surface area contributed by atoms with E-state index in [1.807, 2.05) is 50.2 Å². The molecule has 2 aromatic rings. The number of amides is 2. The Balaban J connectivity index is 1.90. The van der Waals surface area contributed by atoms with Gasteiger partial charge in [-0.1, -0.05) is 69.2 Å². The Bertz CT molecular complexity index is 1260. The fourth-order valence-corrected chi connectivity index (χ4v) is 7.51. The lowest BCUT2D eigenvalue weighted by atomic mass is 10.0. The van der Waals surface area contributed by atoms with Crippen molar-refractivity contribution in [1.82, 2.24) is 10.2 Å². The second-order valence-corrected chi connectivity index (χ2v) is 14.1. The van der Waals surface area contributed by atoms with Crippen LogP contribution in [0.4, 0.5) is 0 Å². The molecule has 0 spiro atoms. The van der Waals surface area contributed by atoms with Crippen LogP contribution in [0.2, 0.25) is 0 Å². The molecule has 4 N–H and O–H groups in total. The van der Waals surface area contributed by atoms with Crippen LogP contribution in [0.25, 0.3) is 0 Å². The zero-order valence-electron chi connectivity index (χ0n) is 25.8. The molecule has 3 atom stereocenters. The molecule has 1 saturated carbocycles. The van der Waals surface area contributed by atoms with Crippen molar-refractivity contribution in [2.24, 2.45) is 11.7 Å². The Hall–Kier alpha value is -2.95. The fourth-order valence-electron chi connectivity index (χ4n) is 5.36. The standard InChI is InChI=1S/C33H49N3O6S/c1-4-10-28(11-5-2)43(40,41)23-30(35-32(38)20-25-16-17-25)33(39)36(21-26-14-9-15-27(18-26)42-3)22-31(37)29(34)19-24-12-7-6-8-13-24/h6-9,12-15,18,25,28-31,37H,4-5,10-11,16-17,19-23,34H2,1-3H3,(H,35,38)/t29-,30-,31+/m0/s1. The van der Waals surface area contributed by atoms with E-state index >= 15 is 0 Å². The van der Waals surface area contributed by atoms with Gasteiger partial charge in [0.2, 0.25) is 11.8 Å². The van der Waals surface area contributed by atoms with Crippen LogP contribution in [0.15, 0.2) is 54.6 Å². The van der Waals surface area contributed by atoms with Crippen molar-refractivity contribution in [2.75, 3.05) is 19.4 Å². The summed E-state index contributed by atoms with van der Waals surface area (Å²) >= 11 is 0. The van der Waals surface area contributed by atoms with Gasteiger partial charge < -0.3 is 25.8 Å². The zero-order valence-corrected chi connectivity index (χ0v) is 26.6. The minimum Gasteiger partial charge on any atom is -0.497 e. The van der Waals surface area contributed by atoms with Crippen molar-refractivity contribution in [2.45, 2.75) is 95.2 Å². The van der Waals surface area contributed by atoms with Crippen LogP contribution >= 0.6 is 0 Å². The minimum atomic E-state index is -3.72. The first-order valence-corrected chi connectivity index (χ1v) is 17.2. The number of sulfone groups is 1. The largest absolute Gasteiger partial charge is 0.497 e. The topological polar surface area (TPSA) is 139 Å². The van der Waals surface area contributed by atoms with Crippen LogP contribution < -0.4 is 15.8 Å². The molecule has 238 valence electrons. The number of nitrogens with zero attached hydrogens (tertiary/aromatic N) is 1. The number of carbonyl (C=O) groups excluding carboxylic acids is 2. The van der Waals surface area contributed by atoms with Crippen LogP contribution in [-0.4, -0.2) is 73.1 Å². The van der Waals surface area contributed by atoms with E-state index in [2.05, 4.69) is 5.32 Å². The summed E-state index contributed by atoms with van der Waals surface area (Å²) in [5, 5.41) is 13.4. The van der Waals surface area contributed by atoms with Crippen LogP contribution in [0.1, 0.15) is 69.9 Å². The molecule has 1 fully saturated rings. The summed E-state index contributed by atoms with van der Waals surface area (Å²) in [4.78, 5) is 28.6. The van der Waals surface area contributed by atoms with Gasteiger partial charge in [0.05, 0.1) is 24.2 Å². The molecule has 0 radical (unpaired) electrons. The molecule has 0 heterocycles. The Morgan fingerprint density at radius 2 is 1.70 bits per heavy atom. The zero-order chi connectivity index (χ0) is 31.4. The predicted octanol–water partition coefficient (Wildman–Crippen LogP) is 3.62. The number of aliphatic hydroxyl groups is 1. The van der Waals surface area contributed by atoms with Gasteiger partial charge in [-0.3, -0.25) is 9.59 Å². The number of ether oxygens (including phenoxy) is 1. The number of benzene rings is 2. The molecule has 1 aliphatic carbocycles. The van der Waals surface area contributed by atoms with Gasteiger partial charge in [-0.15, -0.1) is 0 Å². The maximum Gasteiger partial charge on any atom is 0.246 e.